The molecule has 1 aliphatic rings. The number of hydrogen-bond acceptors (Lipinski definition) is 3. The number of carbonyl (C=O) groups is 1. The lowest BCUT2D eigenvalue weighted by Crippen LogP contribution is -2.19. The van der Waals surface area contributed by atoms with Gasteiger partial charge in [-0.05, 0) is 37.0 Å². The molecule has 0 bridgehead atoms. The van der Waals surface area contributed by atoms with Gasteiger partial charge < -0.3 is 4.74 Å². The summed E-state index contributed by atoms with van der Waals surface area (Å²) >= 11 is 0. The third-order valence-electron chi connectivity index (χ3n) is 3.81. The van der Waals surface area contributed by atoms with E-state index in [2.05, 4.69) is 24.0 Å². The number of ether oxygens (including phenoxy) is 1. The molecule has 1 aromatic carbocycles. The Balaban J connectivity index is 1.74. The summed E-state index contributed by atoms with van der Waals surface area (Å²) in [4.78, 5) is 13.8. The van der Waals surface area contributed by atoms with Gasteiger partial charge >= 0.3 is 0 Å². The maximum absolute atomic E-state index is 11.4. The largest absolute Gasteiger partial charge is 0.381 e. The first-order chi connectivity index (χ1) is 9.70. The number of nitrogens with zero attached hydrogens (tertiary/aromatic N) is 1. The minimum atomic E-state index is 0.149. The zero-order valence-electron chi connectivity index (χ0n) is 12.7. The second kappa shape index (κ2) is 7.55. The summed E-state index contributed by atoms with van der Waals surface area (Å²) in [6.07, 6.45) is 3.43. The zero-order chi connectivity index (χ0) is 14.4. The molecule has 110 valence electrons. The third kappa shape index (κ3) is 4.15. The first-order valence-corrected chi connectivity index (χ1v) is 7.63. The Morgan fingerprint density at radius 3 is 2.70 bits per heavy atom. The number of hydrogen-bond donors (Lipinski definition) is 0. The molecule has 1 aliphatic heterocycles. The van der Waals surface area contributed by atoms with Gasteiger partial charge in [-0.15, -0.1) is 0 Å². The normalized spacial score (nSPS) is 14.5. The van der Waals surface area contributed by atoms with E-state index < -0.39 is 0 Å². The zero-order valence-corrected chi connectivity index (χ0v) is 12.7. The van der Waals surface area contributed by atoms with Crippen LogP contribution < -0.4 is 0 Å². The smallest absolute Gasteiger partial charge is 0.159 e. The van der Waals surface area contributed by atoms with Crippen molar-refractivity contribution in [3.8, 4) is 0 Å². The Kier molecular flexibility index (Phi) is 5.74. The Labute approximate surface area is 121 Å². The van der Waals surface area contributed by atoms with Gasteiger partial charge in [-0.25, -0.2) is 0 Å². The monoisotopic (exact) mass is 275 g/mol. The van der Waals surface area contributed by atoms with Gasteiger partial charge in [-0.2, -0.15) is 0 Å². The lowest BCUT2D eigenvalue weighted by molar-refractivity contribution is 0.101. The lowest BCUT2D eigenvalue weighted by atomic mass is 10.0. The molecule has 20 heavy (non-hydrogen) atoms. The predicted octanol–water partition coefficient (Wildman–Crippen LogP) is 3.41. The molecule has 1 aromatic rings. The quantitative estimate of drug-likeness (QED) is 0.538. The number of benzene rings is 1. The third-order valence-corrected chi connectivity index (χ3v) is 3.81. The van der Waals surface area contributed by atoms with Gasteiger partial charge in [0.05, 0.1) is 0 Å². The van der Waals surface area contributed by atoms with E-state index in [-0.39, 0.29) is 5.78 Å². The molecule has 1 heterocycles. The summed E-state index contributed by atoms with van der Waals surface area (Å²) in [6, 6.07) is 6.09. The summed E-state index contributed by atoms with van der Waals surface area (Å²) in [7, 11) is 0. The van der Waals surface area contributed by atoms with E-state index >= 15 is 0 Å². The maximum Gasteiger partial charge on any atom is 0.159 e. The topological polar surface area (TPSA) is 29.5 Å². The van der Waals surface area contributed by atoms with Crippen LogP contribution in [0.1, 0.15) is 54.6 Å². The van der Waals surface area contributed by atoms with Crippen LogP contribution in [-0.2, 0) is 17.8 Å². The summed E-state index contributed by atoms with van der Waals surface area (Å²) in [5.41, 5.74) is 3.50. The fourth-order valence-corrected chi connectivity index (χ4v) is 2.58. The van der Waals surface area contributed by atoms with Crippen molar-refractivity contribution >= 4 is 5.78 Å². The highest BCUT2D eigenvalue weighted by molar-refractivity contribution is 5.94. The van der Waals surface area contributed by atoms with Crippen molar-refractivity contribution in [2.24, 2.45) is 0 Å². The number of fused-ring (bicyclic) bond motifs is 1. The van der Waals surface area contributed by atoms with Gasteiger partial charge in [-0.1, -0.05) is 25.5 Å². The van der Waals surface area contributed by atoms with Crippen LogP contribution in [0.5, 0.6) is 0 Å². The first kappa shape index (κ1) is 15.2. The molecular weight excluding hydrogens is 250 g/mol. The molecular formula is C17H25NO2. The number of ketones is 1. The van der Waals surface area contributed by atoms with Crippen molar-refractivity contribution in [2.75, 3.05) is 19.8 Å². The van der Waals surface area contributed by atoms with Gasteiger partial charge in [0.15, 0.2) is 5.78 Å². The fourth-order valence-electron chi connectivity index (χ4n) is 2.58. The highest BCUT2D eigenvalue weighted by Crippen LogP contribution is 2.24. The molecule has 0 saturated carbocycles. The van der Waals surface area contributed by atoms with Crippen LogP contribution in [0.4, 0.5) is 0 Å². The van der Waals surface area contributed by atoms with Gasteiger partial charge in [0.1, 0.15) is 0 Å². The highest BCUT2D eigenvalue weighted by atomic mass is 16.5. The highest BCUT2D eigenvalue weighted by Gasteiger charge is 2.19. The molecule has 0 spiro atoms. The second-order valence-corrected chi connectivity index (χ2v) is 5.57. The Morgan fingerprint density at radius 2 is 1.95 bits per heavy atom. The second-order valence-electron chi connectivity index (χ2n) is 5.57. The van der Waals surface area contributed by atoms with E-state index in [1.807, 2.05) is 6.07 Å². The Hall–Kier alpha value is -1.19. The molecule has 0 amide bonds. The molecule has 3 nitrogen and oxygen atoms in total. The lowest BCUT2D eigenvalue weighted by Gasteiger charge is -2.14. The van der Waals surface area contributed by atoms with Gasteiger partial charge in [0.25, 0.3) is 0 Å². The van der Waals surface area contributed by atoms with Crippen LogP contribution in [0.15, 0.2) is 18.2 Å². The first-order valence-electron chi connectivity index (χ1n) is 7.63. The van der Waals surface area contributed by atoms with Gasteiger partial charge in [0, 0.05) is 38.4 Å². The van der Waals surface area contributed by atoms with E-state index in [0.717, 1.165) is 51.3 Å². The summed E-state index contributed by atoms with van der Waals surface area (Å²) < 4.78 is 5.59. The molecule has 0 atom stereocenters. The summed E-state index contributed by atoms with van der Waals surface area (Å²) in [5, 5.41) is 0. The average Bonchev–Trinajstić information content (AvgIpc) is 2.84. The number of carbonyl (C=O) groups excluding carboxylic acids is 1. The van der Waals surface area contributed by atoms with Crippen molar-refractivity contribution in [2.45, 2.75) is 46.2 Å². The van der Waals surface area contributed by atoms with Crippen LogP contribution in [0.2, 0.25) is 0 Å². The maximum atomic E-state index is 11.4. The van der Waals surface area contributed by atoms with Crippen molar-refractivity contribution in [3.05, 3.63) is 34.9 Å². The predicted molar refractivity (Wildman–Crippen MR) is 80.9 cm³/mol. The molecule has 0 aromatic heterocycles. The average molecular weight is 275 g/mol. The molecule has 2 rings (SSSR count). The SMILES string of the molecule is CCCCOCCCN1Cc2ccc(C(C)=O)cc2C1. The standard InChI is InChI=1S/C17H25NO2/c1-3-4-9-20-10-5-8-18-12-16-7-6-15(14(2)19)11-17(16)13-18/h6-7,11H,3-5,8-10,12-13H2,1-2H3. The molecule has 0 fully saturated rings. The number of rotatable bonds is 8. The van der Waals surface area contributed by atoms with Crippen LogP contribution in [0.3, 0.4) is 0 Å². The number of unbranched alkanes of at least 4 members (excludes halogenated alkanes) is 1. The molecule has 0 unspecified atom stereocenters. The fraction of sp³-hybridized carbons (Fsp3) is 0.588. The van der Waals surface area contributed by atoms with Crippen molar-refractivity contribution < 1.29 is 9.53 Å². The van der Waals surface area contributed by atoms with Crippen LogP contribution in [0, 0.1) is 0 Å². The van der Waals surface area contributed by atoms with Crippen LogP contribution in [0.25, 0.3) is 0 Å². The van der Waals surface area contributed by atoms with Crippen molar-refractivity contribution in [3.63, 3.8) is 0 Å². The molecule has 0 N–H and O–H groups in total. The summed E-state index contributed by atoms with van der Waals surface area (Å²) in [5.74, 6) is 0.149. The van der Waals surface area contributed by atoms with E-state index in [0.29, 0.717) is 0 Å². The molecule has 0 radical (unpaired) electrons. The van der Waals surface area contributed by atoms with E-state index in [4.69, 9.17) is 4.74 Å². The van der Waals surface area contributed by atoms with Gasteiger partial charge in [0.2, 0.25) is 0 Å². The van der Waals surface area contributed by atoms with Crippen molar-refractivity contribution in [1.82, 2.24) is 4.90 Å². The number of Topliss-reactive ketones (excluding diaryl/α,β-unsaturated/α-hetero) is 1. The van der Waals surface area contributed by atoms with Crippen LogP contribution >= 0.6 is 0 Å². The van der Waals surface area contributed by atoms with Gasteiger partial charge in [-0.3, -0.25) is 9.69 Å². The van der Waals surface area contributed by atoms with Crippen molar-refractivity contribution in [1.29, 1.82) is 0 Å². The molecule has 0 saturated heterocycles. The summed E-state index contributed by atoms with van der Waals surface area (Å²) in [6.45, 7) is 8.58. The Morgan fingerprint density at radius 1 is 1.20 bits per heavy atom. The molecule has 0 aliphatic carbocycles. The van der Waals surface area contributed by atoms with E-state index in [9.17, 15) is 4.79 Å². The van der Waals surface area contributed by atoms with E-state index in [1.165, 1.54) is 17.5 Å². The minimum absolute atomic E-state index is 0.149. The van der Waals surface area contributed by atoms with Crippen LogP contribution in [-0.4, -0.2) is 30.4 Å². The minimum Gasteiger partial charge on any atom is -0.381 e. The molecule has 3 heteroatoms. The van der Waals surface area contributed by atoms with E-state index in [1.54, 1.807) is 6.92 Å². The Bertz CT molecular complexity index is 456.